The maximum absolute atomic E-state index is 12.1. The van der Waals surface area contributed by atoms with Crippen molar-refractivity contribution in [3.63, 3.8) is 0 Å². The molecule has 1 atom stereocenters. The fourth-order valence-electron chi connectivity index (χ4n) is 2.16. The number of hydrogen-bond acceptors (Lipinski definition) is 3. The molecule has 3 nitrogen and oxygen atoms in total. The van der Waals surface area contributed by atoms with Gasteiger partial charge in [-0.25, -0.2) is 0 Å². The fraction of sp³-hybridized carbons (Fsp3) is 0.571. The second kappa shape index (κ2) is 5.53. The van der Waals surface area contributed by atoms with Crippen LogP contribution in [-0.4, -0.2) is 11.9 Å². The van der Waals surface area contributed by atoms with Crippen LogP contribution >= 0.6 is 11.3 Å². The van der Waals surface area contributed by atoms with E-state index < -0.39 is 6.04 Å². The van der Waals surface area contributed by atoms with Crippen molar-refractivity contribution in [1.82, 2.24) is 5.32 Å². The molecule has 0 spiro atoms. The van der Waals surface area contributed by atoms with Crippen LogP contribution in [0.1, 0.15) is 46.8 Å². The van der Waals surface area contributed by atoms with Gasteiger partial charge in [-0.15, -0.1) is 11.3 Å². The van der Waals surface area contributed by atoms with Crippen molar-refractivity contribution >= 4 is 17.2 Å². The summed E-state index contributed by atoms with van der Waals surface area (Å²) >= 11 is 1.59. The summed E-state index contributed by atoms with van der Waals surface area (Å²) in [6.07, 6.45) is 4.63. The number of hydrogen-bond donors (Lipinski definition) is 1. The van der Waals surface area contributed by atoms with Gasteiger partial charge in [0.25, 0.3) is 5.91 Å². The van der Waals surface area contributed by atoms with E-state index in [1.54, 1.807) is 11.3 Å². The van der Waals surface area contributed by atoms with E-state index >= 15 is 0 Å². The number of carbonyl (C=O) groups is 1. The Morgan fingerprint density at radius 2 is 2.17 bits per heavy atom. The van der Waals surface area contributed by atoms with Gasteiger partial charge in [0.15, 0.2) is 0 Å². The Morgan fingerprint density at radius 3 is 2.78 bits per heavy atom. The maximum atomic E-state index is 12.1. The molecular weight excluding hydrogens is 244 g/mol. The number of amides is 1. The monoisotopic (exact) mass is 262 g/mol. The molecule has 18 heavy (non-hydrogen) atoms. The first-order valence-electron chi connectivity index (χ1n) is 6.44. The predicted octanol–water partition coefficient (Wildman–Crippen LogP) is 2.90. The van der Waals surface area contributed by atoms with Crippen LogP contribution in [0.25, 0.3) is 0 Å². The highest BCUT2D eigenvalue weighted by Gasteiger charge is 2.20. The second-order valence-corrected chi connectivity index (χ2v) is 6.23. The van der Waals surface area contributed by atoms with E-state index in [0.717, 1.165) is 17.7 Å². The first-order valence-corrected chi connectivity index (χ1v) is 7.25. The molecule has 0 radical (unpaired) electrons. The zero-order chi connectivity index (χ0) is 13.1. The lowest BCUT2D eigenvalue weighted by Crippen LogP contribution is -2.36. The van der Waals surface area contributed by atoms with Gasteiger partial charge < -0.3 is 5.32 Å². The third kappa shape index (κ3) is 2.73. The molecule has 1 N–H and O–H groups in total. The summed E-state index contributed by atoms with van der Waals surface area (Å²) in [5.74, 6) is 0.0307. The van der Waals surface area contributed by atoms with E-state index in [1.807, 2.05) is 19.9 Å². The van der Waals surface area contributed by atoms with E-state index in [-0.39, 0.29) is 11.8 Å². The molecule has 0 fully saturated rings. The molecule has 1 amide bonds. The van der Waals surface area contributed by atoms with Crippen LogP contribution in [0, 0.1) is 17.2 Å². The summed E-state index contributed by atoms with van der Waals surface area (Å²) in [5, 5.41) is 11.8. The average molecular weight is 262 g/mol. The van der Waals surface area contributed by atoms with Crippen LogP contribution in [0.2, 0.25) is 0 Å². The highest BCUT2D eigenvalue weighted by Crippen LogP contribution is 2.29. The van der Waals surface area contributed by atoms with Crippen molar-refractivity contribution < 1.29 is 4.79 Å². The minimum atomic E-state index is -0.406. The molecule has 96 valence electrons. The van der Waals surface area contributed by atoms with Crippen LogP contribution in [0.4, 0.5) is 0 Å². The third-order valence-corrected chi connectivity index (χ3v) is 4.55. The Kier molecular flexibility index (Phi) is 4.03. The van der Waals surface area contributed by atoms with Crippen molar-refractivity contribution in [2.24, 2.45) is 5.92 Å². The van der Waals surface area contributed by atoms with Crippen LogP contribution in [-0.2, 0) is 12.8 Å². The Bertz CT molecular complexity index is 461. The maximum Gasteiger partial charge on any atom is 0.262 e. The normalized spacial score (nSPS) is 15.9. The molecule has 1 aliphatic rings. The van der Waals surface area contributed by atoms with E-state index in [0.29, 0.717) is 0 Å². The Hall–Kier alpha value is -1.34. The predicted molar refractivity (Wildman–Crippen MR) is 72.7 cm³/mol. The van der Waals surface area contributed by atoms with Crippen LogP contribution in [0.5, 0.6) is 0 Å². The smallest absolute Gasteiger partial charge is 0.262 e. The van der Waals surface area contributed by atoms with Crippen LogP contribution in [0.15, 0.2) is 6.07 Å². The zero-order valence-corrected chi connectivity index (χ0v) is 11.6. The Morgan fingerprint density at radius 1 is 1.44 bits per heavy atom. The number of carbonyl (C=O) groups excluding carboxylic acids is 1. The number of thiophene rings is 1. The van der Waals surface area contributed by atoms with Gasteiger partial charge in [-0.1, -0.05) is 13.8 Å². The van der Waals surface area contributed by atoms with Gasteiger partial charge >= 0.3 is 0 Å². The number of nitriles is 1. The van der Waals surface area contributed by atoms with Gasteiger partial charge in [-0.2, -0.15) is 5.26 Å². The summed E-state index contributed by atoms with van der Waals surface area (Å²) in [7, 11) is 0. The van der Waals surface area contributed by atoms with E-state index in [2.05, 4.69) is 11.4 Å². The Labute approximate surface area is 112 Å². The Balaban J connectivity index is 2.10. The van der Waals surface area contributed by atoms with Gasteiger partial charge in [-0.05, 0) is 43.2 Å². The molecule has 4 heteroatoms. The summed E-state index contributed by atoms with van der Waals surface area (Å²) < 4.78 is 0. The lowest BCUT2D eigenvalue weighted by atomic mass is 9.99. The van der Waals surface area contributed by atoms with Crippen molar-refractivity contribution in [3.8, 4) is 6.07 Å². The standard InChI is InChI=1S/C14H18N2OS/c1-9(2)11(8-15)16-14(17)13-7-10-5-3-4-6-12(10)18-13/h7,9,11H,3-6H2,1-2H3,(H,16,17). The molecule has 2 rings (SSSR count). The van der Waals surface area contributed by atoms with E-state index in [1.165, 1.54) is 23.3 Å². The third-order valence-electron chi connectivity index (χ3n) is 3.31. The molecule has 1 aromatic rings. The molecule has 1 heterocycles. The largest absolute Gasteiger partial charge is 0.335 e. The van der Waals surface area contributed by atoms with E-state index in [4.69, 9.17) is 5.26 Å². The topological polar surface area (TPSA) is 52.9 Å². The molecule has 1 aromatic heterocycles. The molecular formula is C14H18N2OS. The van der Waals surface area contributed by atoms with Crippen molar-refractivity contribution in [2.75, 3.05) is 0 Å². The summed E-state index contributed by atoms with van der Waals surface area (Å²) in [5.41, 5.74) is 1.33. The van der Waals surface area contributed by atoms with Crippen LogP contribution in [0.3, 0.4) is 0 Å². The highest BCUT2D eigenvalue weighted by molar-refractivity contribution is 7.14. The van der Waals surface area contributed by atoms with Crippen molar-refractivity contribution in [3.05, 3.63) is 21.4 Å². The lowest BCUT2D eigenvalue weighted by molar-refractivity contribution is 0.0941. The molecule has 0 bridgehead atoms. The van der Waals surface area contributed by atoms with Gasteiger partial charge in [0.05, 0.1) is 10.9 Å². The first kappa shape index (κ1) is 13.1. The molecule has 0 saturated heterocycles. The van der Waals surface area contributed by atoms with E-state index in [9.17, 15) is 4.79 Å². The van der Waals surface area contributed by atoms with Gasteiger partial charge in [-0.3, -0.25) is 4.79 Å². The summed E-state index contributed by atoms with van der Waals surface area (Å²) in [6, 6.07) is 3.73. The lowest BCUT2D eigenvalue weighted by Gasteiger charge is -2.13. The number of aryl methyl sites for hydroxylation is 2. The van der Waals surface area contributed by atoms with Crippen LogP contribution < -0.4 is 5.32 Å². The number of nitrogens with zero attached hydrogens (tertiary/aromatic N) is 1. The molecule has 0 saturated carbocycles. The minimum Gasteiger partial charge on any atom is -0.335 e. The van der Waals surface area contributed by atoms with Crippen molar-refractivity contribution in [1.29, 1.82) is 5.26 Å². The summed E-state index contributed by atoms with van der Waals surface area (Å²) in [6.45, 7) is 3.88. The van der Waals surface area contributed by atoms with Gasteiger partial charge in [0.1, 0.15) is 6.04 Å². The summed E-state index contributed by atoms with van der Waals surface area (Å²) in [4.78, 5) is 14.2. The first-order chi connectivity index (χ1) is 8.61. The number of nitrogens with one attached hydrogen (secondary N) is 1. The highest BCUT2D eigenvalue weighted by atomic mass is 32.1. The number of fused-ring (bicyclic) bond motifs is 1. The zero-order valence-electron chi connectivity index (χ0n) is 10.8. The fourth-order valence-corrected chi connectivity index (χ4v) is 3.32. The van der Waals surface area contributed by atoms with Gasteiger partial charge in [0, 0.05) is 4.88 Å². The molecule has 1 aliphatic carbocycles. The SMILES string of the molecule is CC(C)C(C#N)NC(=O)c1cc2c(s1)CCCC2. The minimum absolute atomic E-state index is 0.102. The van der Waals surface area contributed by atoms with Gasteiger partial charge in [0.2, 0.25) is 0 Å². The number of rotatable bonds is 3. The quantitative estimate of drug-likeness (QED) is 0.910. The average Bonchev–Trinajstić information content (AvgIpc) is 2.79. The molecule has 0 aliphatic heterocycles. The van der Waals surface area contributed by atoms with Crippen molar-refractivity contribution in [2.45, 2.75) is 45.6 Å². The second-order valence-electron chi connectivity index (χ2n) is 5.09. The molecule has 0 aromatic carbocycles. The molecule has 1 unspecified atom stereocenters.